The minimum Gasteiger partial charge on any atom is -0.339 e. The van der Waals surface area contributed by atoms with E-state index in [1.807, 2.05) is 45.9 Å². The predicted molar refractivity (Wildman–Crippen MR) is 139 cm³/mol. The summed E-state index contributed by atoms with van der Waals surface area (Å²) >= 11 is 9.87. The van der Waals surface area contributed by atoms with Crippen LogP contribution in [0, 0.1) is 5.92 Å². The van der Waals surface area contributed by atoms with Gasteiger partial charge in [0.15, 0.2) is 5.78 Å². The number of hydrogen-bond acceptors (Lipinski definition) is 3. The molecule has 0 atom stereocenters. The van der Waals surface area contributed by atoms with E-state index in [0.29, 0.717) is 44.6 Å². The van der Waals surface area contributed by atoms with E-state index < -0.39 is 0 Å². The smallest absolute Gasteiger partial charge is 0.256 e. The Morgan fingerprint density at radius 2 is 1.94 bits per heavy atom. The summed E-state index contributed by atoms with van der Waals surface area (Å²) in [5, 5.41) is 1.57. The van der Waals surface area contributed by atoms with Gasteiger partial charge >= 0.3 is 0 Å². The van der Waals surface area contributed by atoms with Gasteiger partial charge in [-0.15, -0.1) is 0 Å². The van der Waals surface area contributed by atoms with Crippen LogP contribution >= 0.6 is 27.5 Å². The van der Waals surface area contributed by atoms with Crippen LogP contribution in [0.25, 0.3) is 10.9 Å². The number of Topliss-reactive ketones (excluding diaryl/α,β-unsaturated/α-hetero) is 1. The van der Waals surface area contributed by atoms with Crippen molar-refractivity contribution in [3.63, 3.8) is 0 Å². The van der Waals surface area contributed by atoms with Gasteiger partial charge in [-0.2, -0.15) is 0 Å². The number of rotatable bonds is 6. The Hall–Kier alpha value is -2.90. The molecule has 5 rings (SSSR count). The maximum Gasteiger partial charge on any atom is 0.256 e. The molecule has 0 N–H and O–H groups in total. The summed E-state index contributed by atoms with van der Waals surface area (Å²) in [6.07, 6.45) is 4.23. The van der Waals surface area contributed by atoms with Crippen molar-refractivity contribution < 1.29 is 14.4 Å². The van der Waals surface area contributed by atoms with E-state index in [2.05, 4.69) is 22.5 Å². The third kappa shape index (κ3) is 4.67. The van der Waals surface area contributed by atoms with Crippen LogP contribution in [0.5, 0.6) is 0 Å². The molecule has 2 aliphatic heterocycles. The Labute approximate surface area is 217 Å². The molecule has 0 spiro atoms. The third-order valence-electron chi connectivity index (χ3n) is 6.88. The highest BCUT2D eigenvalue weighted by Gasteiger charge is 2.31. The maximum absolute atomic E-state index is 13.6. The Kier molecular flexibility index (Phi) is 6.55. The van der Waals surface area contributed by atoms with E-state index in [1.165, 1.54) is 6.08 Å². The lowest BCUT2D eigenvalue weighted by atomic mass is 9.94. The zero-order chi connectivity index (χ0) is 24.7. The summed E-state index contributed by atoms with van der Waals surface area (Å²) in [5.41, 5.74) is 3.62. The zero-order valence-corrected chi connectivity index (χ0v) is 21.5. The van der Waals surface area contributed by atoms with E-state index in [4.69, 9.17) is 11.6 Å². The van der Waals surface area contributed by atoms with Crippen molar-refractivity contribution in [2.45, 2.75) is 25.9 Å². The summed E-state index contributed by atoms with van der Waals surface area (Å²) in [4.78, 5) is 41.7. The molecule has 3 aromatic rings. The summed E-state index contributed by atoms with van der Waals surface area (Å²) in [6, 6.07) is 11.6. The van der Waals surface area contributed by atoms with Gasteiger partial charge in [0.2, 0.25) is 5.91 Å². The fourth-order valence-electron chi connectivity index (χ4n) is 5.06. The fourth-order valence-corrected chi connectivity index (χ4v) is 5.71. The molecule has 1 aromatic heterocycles. The fraction of sp³-hybridized carbons (Fsp3) is 0.296. The molecule has 180 valence electrons. The lowest BCUT2D eigenvalue weighted by Crippen LogP contribution is -2.50. The first-order valence-electron chi connectivity index (χ1n) is 11.6. The number of amides is 2. The summed E-state index contributed by atoms with van der Waals surface area (Å²) in [7, 11) is 0. The van der Waals surface area contributed by atoms with Crippen molar-refractivity contribution >= 4 is 56.0 Å². The zero-order valence-electron chi connectivity index (χ0n) is 19.2. The molecule has 6 nitrogen and oxygen atoms in total. The number of aromatic nitrogens is 1. The number of nitrogens with zero attached hydrogens (tertiary/aromatic N) is 3. The van der Waals surface area contributed by atoms with Crippen LogP contribution in [-0.2, 0) is 29.1 Å². The molecule has 0 radical (unpaired) electrons. The van der Waals surface area contributed by atoms with Gasteiger partial charge in [-0.25, -0.2) is 0 Å². The Morgan fingerprint density at radius 3 is 2.71 bits per heavy atom. The number of hydrogen-bond donors (Lipinski definition) is 0. The van der Waals surface area contributed by atoms with E-state index in [-0.39, 0.29) is 30.1 Å². The quantitative estimate of drug-likeness (QED) is 0.409. The number of likely N-dealkylation sites (tertiary alicyclic amines) is 1. The van der Waals surface area contributed by atoms with E-state index in [1.54, 1.807) is 11.1 Å². The number of fused-ring (bicyclic) bond motifs is 2. The van der Waals surface area contributed by atoms with Crippen LogP contribution < -0.4 is 0 Å². The number of benzene rings is 2. The van der Waals surface area contributed by atoms with Crippen molar-refractivity contribution in [2.75, 3.05) is 19.6 Å². The molecule has 1 fully saturated rings. The second kappa shape index (κ2) is 9.63. The second-order valence-corrected chi connectivity index (χ2v) is 10.6. The van der Waals surface area contributed by atoms with Gasteiger partial charge in [0.1, 0.15) is 0 Å². The average Bonchev–Trinajstić information content (AvgIpc) is 3.17. The predicted octanol–water partition coefficient (Wildman–Crippen LogP) is 4.86. The minimum absolute atomic E-state index is 0.0532. The number of halogens is 2. The molecule has 3 heterocycles. The molecular formula is C27H25BrClN3O3. The van der Waals surface area contributed by atoms with Crippen LogP contribution in [0.3, 0.4) is 0 Å². The Balaban J connectivity index is 1.35. The highest BCUT2D eigenvalue weighted by Crippen LogP contribution is 2.30. The monoisotopic (exact) mass is 553 g/mol. The largest absolute Gasteiger partial charge is 0.339 e. The molecular weight excluding hydrogens is 530 g/mol. The summed E-state index contributed by atoms with van der Waals surface area (Å²) < 4.78 is 2.75. The van der Waals surface area contributed by atoms with Gasteiger partial charge < -0.3 is 14.4 Å². The number of carbonyl (C=O) groups excluding carboxylic acids is 3. The van der Waals surface area contributed by atoms with Gasteiger partial charge in [0, 0.05) is 65.1 Å². The van der Waals surface area contributed by atoms with Gasteiger partial charge in [-0.05, 0) is 47.9 Å². The highest BCUT2D eigenvalue weighted by molar-refractivity contribution is 9.10. The molecule has 2 amide bonds. The molecule has 0 saturated carbocycles. The average molecular weight is 555 g/mol. The molecule has 0 unspecified atom stereocenters. The second-order valence-electron chi connectivity index (χ2n) is 9.24. The summed E-state index contributed by atoms with van der Waals surface area (Å²) in [5.74, 6) is 0.105. The molecule has 35 heavy (non-hydrogen) atoms. The molecule has 8 heteroatoms. The van der Waals surface area contributed by atoms with E-state index in [9.17, 15) is 14.4 Å². The van der Waals surface area contributed by atoms with Crippen LogP contribution in [0.15, 0.2) is 59.7 Å². The number of carbonyl (C=O) groups is 3. The van der Waals surface area contributed by atoms with E-state index >= 15 is 0 Å². The molecule has 0 aliphatic carbocycles. The first-order valence-corrected chi connectivity index (χ1v) is 12.8. The Morgan fingerprint density at radius 1 is 1.14 bits per heavy atom. The van der Waals surface area contributed by atoms with Gasteiger partial charge in [-0.3, -0.25) is 14.4 Å². The van der Waals surface area contributed by atoms with Gasteiger partial charge in [-0.1, -0.05) is 46.2 Å². The molecule has 2 aromatic carbocycles. The first kappa shape index (κ1) is 23.8. The first-order chi connectivity index (χ1) is 16.8. The molecule has 0 bridgehead atoms. The van der Waals surface area contributed by atoms with Gasteiger partial charge in [0.05, 0.1) is 12.1 Å². The van der Waals surface area contributed by atoms with Crippen LogP contribution in [0.1, 0.15) is 27.9 Å². The maximum atomic E-state index is 13.6. The topological polar surface area (TPSA) is 62.6 Å². The lowest BCUT2D eigenvalue weighted by molar-refractivity contribution is -0.134. The van der Waals surface area contributed by atoms with Crippen molar-refractivity contribution in [1.29, 1.82) is 0 Å². The van der Waals surface area contributed by atoms with Crippen molar-refractivity contribution in [3.05, 3.63) is 81.4 Å². The minimum atomic E-state index is -0.0959. The SMILES string of the molecule is C=CC(=O)N1CC(CC(=O)Cn2cc(C(=O)N3CCc4c(Cl)cccc4C3)c3cc(Br)ccc32)C1. The number of ketones is 1. The lowest BCUT2D eigenvalue weighted by Gasteiger charge is -2.38. The van der Waals surface area contributed by atoms with Crippen molar-refractivity contribution in [2.24, 2.45) is 5.92 Å². The summed E-state index contributed by atoms with van der Waals surface area (Å²) in [6.45, 7) is 5.97. The highest BCUT2D eigenvalue weighted by atomic mass is 79.9. The molecule has 1 saturated heterocycles. The van der Waals surface area contributed by atoms with Crippen molar-refractivity contribution in [3.8, 4) is 0 Å². The van der Waals surface area contributed by atoms with Gasteiger partial charge in [0.25, 0.3) is 5.91 Å². The Bertz CT molecular complexity index is 1360. The van der Waals surface area contributed by atoms with Crippen LogP contribution in [0.2, 0.25) is 5.02 Å². The van der Waals surface area contributed by atoms with Crippen LogP contribution in [0.4, 0.5) is 0 Å². The van der Waals surface area contributed by atoms with Crippen molar-refractivity contribution in [1.82, 2.24) is 14.4 Å². The standard InChI is InChI=1S/C27H25BrClN3O3/c1-2-26(34)32-12-17(13-32)10-20(33)15-31-16-23(22-11-19(28)6-7-25(22)31)27(35)30-9-8-21-18(14-30)4-3-5-24(21)29/h2-7,11,16-17H,1,8-10,12-15H2. The van der Waals surface area contributed by atoms with E-state index in [0.717, 1.165) is 31.5 Å². The molecule has 2 aliphatic rings. The normalized spacial score (nSPS) is 15.6. The van der Waals surface area contributed by atoms with Crippen LogP contribution in [-0.4, -0.2) is 51.6 Å². The third-order valence-corrected chi connectivity index (χ3v) is 7.72.